The lowest BCUT2D eigenvalue weighted by Gasteiger charge is -2.51. The molecule has 3 nitrogen and oxygen atoms in total. The van der Waals surface area contributed by atoms with Gasteiger partial charge in [-0.1, -0.05) is 19.3 Å². The Morgan fingerprint density at radius 3 is 2.25 bits per heavy atom. The molecule has 2 saturated heterocycles. The van der Waals surface area contributed by atoms with Crippen LogP contribution in [0.15, 0.2) is 0 Å². The molecule has 0 radical (unpaired) electrons. The third kappa shape index (κ3) is 2.77. The smallest absolute Gasteiger partial charge is 0.0469 e. The summed E-state index contributed by atoms with van der Waals surface area (Å²) in [4.78, 5) is 2.88. The molecule has 3 heteroatoms. The number of hydrogen-bond donors (Lipinski definition) is 1. The molecule has 2 heterocycles. The van der Waals surface area contributed by atoms with Crippen molar-refractivity contribution in [3.8, 4) is 0 Å². The molecule has 0 aromatic rings. The highest BCUT2D eigenvalue weighted by atomic mass is 16.5. The number of ether oxygens (including phenoxy) is 1. The molecule has 116 valence electrons. The maximum Gasteiger partial charge on any atom is 0.0469 e. The van der Waals surface area contributed by atoms with Gasteiger partial charge in [0.25, 0.3) is 0 Å². The van der Waals surface area contributed by atoms with Gasteiger partial charge < -0.3 is 10.1 Å². The van der Waals surface area contributed by atoms with E-state index in [1.807, 2.05) is 0 Å². The van der Waals surface area contributed by atoms with Crippen LogP contribution in [-0.2, 0) is 4.74 Å². The normalized spacial score (nSPS) is 30.4. The minimum Gasteiger partial charge on any atom is -0.381 e. The predicted molar refractivity (Wildman–Crippen MR) is 83.0 cm³/mol. The molecule has 0 bridgehead atoms. The fourth-order valence-electron chi connectivity index (χ4n) is 5.14. The van der Waals surface area contributed by atoms with E-state index in [0.29, 0.717) is 11.6 Å². The Hall–Kier alpha value is -0.120. The van der Waals surface area contributed by atoms with Gasteiger partial charge in [0, 0.05) is 24.8 Å². The molecule has 3 fully saturated rings. The molecule has 2 aliphatic heterocycles. The third-order valence-corrected chi connectivity index (χ3v) is 6.08. The van der Waals surface area contributed by atoms with Crippen molar-refractivity contribution < 1.29 is 4.74 Å². The fourth-order valence-corrected chi connectivity index (χ4v) is 5.14. The molecule has 1 N–H and O–H groups in total. The average molecular weight is 280 g/mol. The van der Waals surface area contributed by atoms with E-state index in [9.17, 15) is 0 Å². The van der Waals surface area contributed by atoms with Crippen LogP contribution in [0.1, 0.15) is 57.8 Å². The summed E-state index contributed by atoms with van der Waals surface area (Å²) in [5.41, 5.74) is 0.456. The number of nitrogens with zero attached hydrogens (tertiary/aromatic N) is 1. The number of nitrogens with one attached hydrogen (secondary N) is 1. The summed E-state index contributed by atoms with van der Waals surface area (Å²) >= 11 is 0. The van der Waals surface area contributed by atoms with E-state index in [0.717, 1.165) is 19.1 Å². The SMILES string of the molecule is CNC(C1CCOCC1)C1(N2CCCCC2)CCCC1. The van der Waals surface area contributed by atoms with Crippen molar-refractivity contribution in [1.29, 1.82) is 0 Å². The van der Waals surface area contributed by atoms with Crippen LogP contribution in [-0.4, -0.2) is 49.8 Å². The maximum absolute atomic E-state index is 5.59. The molecule has 0 aromatic carbocycles. The van der Waals surface area contributed by atoms with Crippen LogP contribution in [0.3, 0.4) is 0 Å². The van der Waals surface area contributed by atoms with Gasteiger partial charge in [0.1, 0.15) is 0 Å². The summed E-state index contributed by atoms with van der Waals surface area (Å²) in [6.45, 7) is 4.61. The molecule has 1 unspecified atom stereocenters. The predicted octanol–water partition coefficient (Wildman–Crippen LogP) is 2.80. The molecule has 0 aromatic heterocycles. The fraction of sp³-hybridized carbons (Fsp3) is 1.00. The Kier molecular flexibility index (Phi) is 5.00. The Morgan fingerprint density at radius 2 is 1.65 bits per heavy atom. The van der Waals surface area contributed by atoms with E-state index in [4.69, 9.17) is 4.74 Å². The second-order valence-electron chi connectivity index (χ2n) is 7.07. The van der Waals surface area contributed by atoms with Crippen LogP contribution < -0.4 is 5.32 Å². The van der Waals surface area contributed by atoms with Crippen molar-refractivity contribution in [3.63, 3.8) is 0 Å². The first-order valence-corrected chi connectivity index (χ1v) is 8.87. The summed E-state index contributed by atoms with van der Waals surface area (Å²) in [5, 5.41) is 3.75. The lowest BCUT2D eigenvalue weighted by atomic mass is 9.75. The standard InChI is InChI=1S/C17H32N2O/c1-18-16(15-7-13-20-14-8-15)17(9-3-4-10-17)19-11-5-2-6-12-19/h15-16,18H,2-14H2,1H3. The van der Waals surface area contributed by atoms with Crippen LogP contribution >= 0.6 is 0 Å². The van der Waals surface area contributed by atoms with Crippen molar-refractivity contribution in [2.75, 3.05) is 33.4 Å². The highest BCUT2D eigenvalue weighted by molar-refractivity contribution is 5.06. The highest BCUT2D eigenvalue weighted by Crippen LogP contribution is 2.43. The molecule has 1 aliphatic carbocycles. The van der Waals surface area contributed by atoms with E-state index in [1.54, 1.807) is 0 Å². The Morgan fingerprint density at radius 1 is 1.00 bits per heavy atom. The molecule has 1 atom stereocenters. The summed E-state index contributed by atoms with van der Waals surface area (Å²) in [7, 11) is 2.20. The lowest BCUT2D eigenvalue weighted by molar-refractivity contribution is -0.0132. The van der Waals surface area contributed by atoms with E-state index in [-0.39, 0.29) is 0 Å². The summed E-state index contributed by atoms with van der Waals surface area (Å²) in [5.74, 6) is 0.814. The summed E-state index contributed by atoms with van der Waals surface area (Å²) in [6, 6.07) is 0.673. The topological polar surface area (TPSA) is 24.5 Å². The van der Waals surface area contributed by atoms with Crippen molar-refractivity contribution in [3.05, 3.63) is 0 Å². The van der Waals surface area contributed by atoms with Gasteiger partial charge in [0.15, 0.2) is 0 Å². The maximum atomic E-state index is 5.59. The minimum absolute atomic E-state index is 0.456. The van der Waals surface area contributed by atoms with Crippen LogP contribution in [0.4, 0.5) is 0 Å². The first kappa shape index (κ1) is 14.8. The second kappa shape index (κ2) is 6.76. The van der Waals surface area contributed by atoms with Crippen molar-refractivity contribution in [2.24, 2.45) is 5.92 Å². The van der Waals surface area contributed by atoms with Crippen molar-refractivity contribution >= 4 is 0 Å². The molecule has 20 heavy (non-hydrogen) atoms. The summed E-state index contributed by atoms with van der Waals surface area (Å²) in [6.07, 6.45) is 12.4. The third-order valence-electron chi connectivity index (χ3n) is 6.08. The molecular formula is C17H32N2O. The summed E-state index contributed by atoms with van der Waals surface area (Å²) < 4.78 is 5.59. The number of piperidine rings is 1. The van der Waals surface area contributed by atoms with Gasteiger partial charge in [0.05, 0.1) is 0 Å². The Balaban J connectivity index is 1.79. The van der Waals surface area contributed by atoms with Gasteiger partial charge >= 0.3 is 0 Å². The van der Waals surface area contributed by atoms with Gasteiger partial charge in [-0.3, -0.25) is 4.90 Å². The van der Waals surface area contributed by atoms with Crippen LogP contribution in [0.25, 0.3) is 0 Å². The van der Waals surface area contributed by atoms with Gasteiger partial charge in [0.2, 0.25) is 0 Å². The Labute approximate surface area is 124 Å². The van der Waals surface area contributed by atoms with Gasteiger partial charge in [-0.05, 0) is 64.6 Å². The highest BCUT2D eigenvalue weighted by Gasteiger charge is 2.48. The molecule has 3 aliphatic rings. The number of likely N-dealkylation sites (N-methyl/N-ethyl adjacent to an activating group) is 1. The van der Waals surface area contributed by atoms with E-state index >= 15 is 0 Å². The molecule has 3 rings (SSSR count). The largest absolute Gasteiger partial charge is 0.381 e. The number of likely N-dealkylation sites (tertiary alicyclic amines) is 1. The van der Waals surface area contributed by atoms with Gasteiger partial charge in [-0.2, -0.15) is 0 Å². The van der Waals surface area contributed by atoms with Crippen molar-refractivity contribution in [2.45, 2.75) is 69.4 Å². The van der Waals surface area contributed by atoms with Gasteiger partial charge in [-0.25, -0.2) is 0 Å². The lowest BCUT2D eigenvalue weighted by Crippen LogP contribution is -2.63. The molecular weight excluding hydrogens is 248 g/mol. The monoisotopic (exact) mass is 280 g/mol. The second-order valence-corrected chi connectivity index (χ2v) is 7.07. The van der Waals surface area contributed by atoms with E-state index in [1.165, 1.54) is 70.9 Å². The first-order chi connectivity index (χ1) is 9.87. The van der Waals surface area contributed by atoms with Crippen LogP contribution in [0.5, 0.6) is 0 Å². The van der Waals surface area contributed by atoms with Crippen molar-refractivity contribution in [1.82, 2.24) is 10.2 Å². The molecule has 0 amide bonds. The minimum atomic E-state index is 0.456. The van der Waals surface area contributed by atoms with E-state index in [2.05, 4.69) is 17.3 Å². The molecule has 1 saturated carbocycles. The zero-order chi connectivity index (χ0) is 13.8. The zero-order valence-corrected chi connectivity index (χ0v) is 13.2. The first-order valence-electron chi connectivity index (χ1n) is 8.87. The average Bonchev–Trinajstić information content (AvgIpc) is 3.01. The van der Waals surface area contributed by atoms with Crippen LogP contribution in [0, 0.1) is 5.92 Å². The van der Waals surface area contributed by atoms with Crippen LogP contribution in [0.2, 0.25) is 0 Å². The van der Waals surface area contributed by atoms with E-state index < -0.39 is 0 Å². The quantitative estimate of drug-likeness (QED) is 0.857. The van der Waals surface area contributed by atoms with Gasteiger partial charge in [-0.15, -0.1) is 0 Å². The Bertz CT molecular complexity index is 289. The number of rotatable bonds is 4. The molecule has 0 spiro atoms. The number of hydrogen-bond acceptors (Lipinski definition) is 3. The zero-order valence-electron chi connectivity index (χ0n) is 13.2.